The molecule has 0 radical (unpaired) electrons. The van der Waals surface area contributed by atoms with Crippen LogP contribution in [-0.4, -0.2) is 19.1 Å². The summed E-state index contributed by atoms with van der Waals surface area (Å²) in [7, 11) is 0. The molecule has 0 saturated heterocycles. The van der Waals surface area contributed by atoms with E-state index >= 15 is 0 Å². The van der Waals surface area contributed by atoms with E-state index in [1.54, 1.807) is 0 Å². The van der Waals surface area contributed by atoms with Crippen LogP contribution in [0.4, 0.5) is 5.69 Å². The van der Waals surface area contributed by atoms with Crippen molar-refractivity contribution in [3.8, 4) is 11.5 Å². The summed E-state index contributed by atoms with van der Waals surface area (Å²) in [5.74, 6) is 1.77. The summed E-state index contributed by atoms with van der Waals surface area (Å²) in [6.45, 7) is 11.3. The molecule has 140 valence electrons. The molecule has 0 aliphatic carbocycles. The highest BCUT2D eigenvalue weighted by molar-refractivity contribution is 5.91. The maximum absolute atomic E-state index is 12.0. The molecule has 2 rings (SSSR count). The van der Waals surface area contributed by atoms with Crippen molar-refractivity contribution in [3.63, 3.8) is 0 Å². The molecule has 0 atom stereocenters. The Bertz CT molecular complexity index is 698. The van der Waals surface area contributed by atoms with Gasteiger partial charge in [0, 0.05) is 5.69 Å². The highest BCUT2D eigenvalue weighted by Gasteiger charge is 2.13. The Labute approximate surface area is 156 Å². The maximum Gasteiger partial charge on any atom is 0.262 e. The minimum Gasteiger partial charge on any atom is -0.493 e. The van der Waals surface area contributed by atoms with Crippen molar-refractivity contribution in [2.24, 2.45) is 5.92 Å². The molecule has 0 bridgehead atoms. The molecule has 4 nitrogen and oxygen atoms in total. The molecule has 1 N–H and O–H groups in total. The molecule has 4 heteroatoms. The predicted octanol–water partition coefficient (Wildman–Crippen LogP) is 5.04. The zero-order valence-corrected chi connectivity index (χ0v) is 16.3. The molecule has 2 aromatic carbocycles. The van der Waals surface area contributed by atoms with Crippen molar-refractivity contribution in [1.29, 1.82) is 0 Å². The van der Waals surface area contributed by atoms with Gasteiger partial charge < -0.3 is 14.8 Å². The van der Waals surface area contributed by atoms with Crippen molar-refractivity contribution in [3.05, 3.63) is 54.1 Å². The number of anilines is 1. The van der Waals surface area contributed by atoms with E-state index in [0.717, 1.165) is 11.4 Å². The van der Waals surface area contributed by atoms with Crippen molar-refractivity contribution in [2.45, 2.75) is 40.0 Å². The van der Waals surface area contributed by atoms with E-state index in [9.17, 15) is 4.79 Å². The van der Waals surface area contributed by atoms with Gasteiger partial charge >= 0.3 is 0 Å². The fourth-order valence-corrected chi connectivity index (χ4v) is 2.29. The van der Waals surface area contributed by atoms with Crippen molar-refractivity contribution in [1.82, 2.24) is 0 Å². The minimum absolute atomic E-state index is 0.0273. The number of carbonyl (C=O) groups is 1. The van der Waals surface area contributed by atoms with Gasteiger partial charge in [0.15, 0.2) is 6.61 Å². The second-order valence-electron chi connectivity index (χ2n) is 7.84. The predicted molar refractivity (Wildman–Crippen MR) is 106 cm³/mol. The van der Waals surface area contributed by atoms with Gasteiger partial charge in [-0.1, -0.05) is 46.8 Å². The van der Waals surface area contributed by atoms with Crippen LogP contribution in [-0.2, 0) is 10.2 Å². The molecule has 0 aromatic heterocycles. The molecule has 0 aliphatic rings. The average Bonchev–Trinajstić information content (AvgIpc) is 2.59. The Morgan fingerprint density at radius 1 is 0.923 bits per heavy atom. The van der Waals surface area contributed by atoms with E-state index in [4.69, 9.17) is 9.47 Å². The van der Waals surface area contributed by atoms with Gasteiger partial charge in [-0.2, -0.15) is 0 Å². The Balaban J connectivity index is 1.81. The second-order valence-corrected chi connectivity index (χ2v) is 7.84. The normalized spacial score (nSPS) is 11.3. The fraction of sp³-hybridized carbons (Fsp3) is 0.409. The first-order valence-electron chi connectivity index (χ1n) is 9.00. The third-order valence-corrected chi connectivity index (χ3v) is 3.81. The number of amides is 1. The van der Waals surface area contributed by atoms with Gasteiger partial charge in [-0.3, -0.25) is 4.79 Å². The topological polar surface area (TPSA) is 47.6 Å². The minimum atomic E-state index is -0.194. The highest BCUT2D eigenvalue weighted by Crippen LogP contribution is 2.24. The Morgan fingerprint density at radius 3 is 2.00 bits per heavy atom. The molecule has 2 aromatic rings. The summed E-state index contributed by atoms with van der Waals surface area (Å²) in [6.07, 6.45) is 0. The first kappa shape index (κ1) is 19.8. The first-order chi connectivity index (χ1) is 12.2. The molecule has 0 aliphatic heterocycles. The van der Waals surface area contributed by atoms with Crippen LogP contribution in [0.25, 0.3) is 0 Å². The van der Waals surface area contributed by atoms with Crippen LogP contribution in [0.1, 0.15) is 40.2 Å². The number of benzene rings is 2. The molecule has 0 fully saturated rings. The van der Waals surface area contributed by atoms with Crippen LogP contribution in [0.5, 0.6) is 11.5 Å². The SMILES string of the molecule is CC(C)COc1ccc(NC(=O)COc2ccc(C(C)(C)C)cc2)cc1. The standard InChI is InChI=1S/C22H29NO3/c1-16(2)14-25-20-12-8-18(9-13-20)23-21(24)15-26-19-10-6-17(7-11-19)22(3,4)5/h6-13,16H,14-15H2,1-5H3,(H,23,24). The maximum atomic E-state index is 12.0. The van der Waals surface area contributed by atoms with Crippen molar-refractivity contribution < 1.29 is 14.3 Å². The molecule has 1 amide bonds. The molecule has 0 spiro atoms. The van der Waals surface area contributed by atoms with Gasteiger partial charge in [0.05, 0.1) is 6.61 Å². The van der Waals surface area contributed by atoms with Crippen LogP contribution in [0.2, 0.25) is 0 Å². The van der Waals surface area contributed by atoms with E-state index < -0.39 is 0 Å². The summed E-state index contributed by atoms with van der Waals surface area (Å²) in [6, 6.07) is 15.2. The van der Waals surface area contributed by atoms with Gasteiger partial charge in [0.25, 0.3) is 5.91 Å². The van der Waals surface area contributed by atoms with E-state index in [-0.39, 0.29) is 17.9 Å². The Hall–Kier alpha value is -2.49. The summed E-state index contributed by atoms with van der Waals surface area (Å²) in [5, 5.41) is 2.82. The molecule has 26 heavy (non-hydrogen) atoms. The molecule has 0 unspecified atom stereocenters. The van der Waals surface area contributed by atoms with E-state index in [1.165, 1.54) is 5.56 Å². The van der Waals surface area contributed by atoms with Crippen LogP contribution < -0.4 is 14.8 Å². The van der Waals surface area contributed by atoms with Crippen molar-refractivity contribution >= 4 is 11.6 Å². The highest BCUT2D eigenvalue weighted by atomic mass is 16.5. The van der Waals surface area contributed by atoms with E-state index in [1.807, 2.05) is 48.5 Å². The zero-order chi connectivity index (χ0) is 19.2. The number of nitrogens with one attached hydrogen (secondary N) is 1. The molecule has 0 saturated carbocycles. The Morgan fingerprint density at radius 2 is 1.46 bits per heavy atom. The lowest BCUT2D eigenvalue weighted by atomic mass is 9.87. The van der Waals surface area contributed by atoms with Gasteiger partial charge in [-0.15, -0.1) is 0 Å². The lowest BCUT2D eigenvalue weighted by molar-refractivity contribution is -0.118. The smallest absolute Gasteiger partial charge is 0.262 e. The van der Waals surface area contributed by atoms with Crippen LogP contribution in [0, 0.1) is 5.92 Å². The lowest BCUT2D eigenvalue weighted by Crippen LogP contribution is -2.20. The summed E-state index contributed by atoms with van der Waals surface area (Å²) in [4.78, 5) is 12.0. The quantitative estimate of drug-likeness (QED) is 0.757. The summed E-state index contributed by atoms with van der Waals surface area (Å²) in [5.41, 5.74) is 2.05. The van der Waals surface area contributed by atoms with Gasteiger partial charge in [0.2, 0.25) is 0 Å². The molecular formula is C22H29NO3. The lowest BCUT2D eigenvalue weighted by Gasteiger charge is -2.19. The number of hydrogen-bond donors (Lipinski definition) is 1. The third-order valence-electron chi connectivity index (χ3n) is 3.81. The second kappa shape index (κ2) is 8.75. The summed E-state index contributed by atoms with van der Waals surface area (Å²) >= 11 is 0. The zero-order valence-electron chi connectivity index (χ0n) is 16.3. The Kier molecular flexibility index (Phi) is 6.67. The first-order valence-corrected chi connectivity index (χ1v) is 9.00. The monoisotopic (exact) mass is 355 g/mol. The van der Waals surface area contributed by atoms with Crippen LogP contribution >= 0.6 is 0 Å². The van der Waals surface area contributed by atoms with E-state index in [0.29, 0.717) is 18.3 Å². The van der Waals surface area contributed by atoms with Gasteiger partial charge in [-0.25, -0.2) is 0 Å². The fourth-order valence-electron chi connectivity index (χ4n) is 2.29. The van der Waals surface area contributed by atoms with Crippen molar-refractivity contribution in [2.75, 3.05) is 18.5 Å². The number of carbonyl (C=O) groups excluding carboxylic acids is 1. The summed E-state index contributed by atoms with van der Waals surface area (Å²) < 4.78 is 11.2. The van der Waals surface area contributed by atoms with Gasteiger partial charge in [0.1, 0.15) is 11.5 Å². The average molecular weight is 355 g/mol. The largest absolute Gasteiger partial charge is 0.493 e. The number of hydrogen-bond acceptors (Lipinski definition) is 3. The number of rotatable bonds is 7. The number of ether oxygens (including phenoxy) is 2. The van der Waals surface area contributed by atoms with Crippen LogP contribution in [0.15, 0.2) is 48.5 Å². The van der Waals surface area contributed by atoms with Crippen LogP contribution in [0.3, 0.4) is 0 Å². The van der Waals surface area contributed by atoms with Gasteiger partial charge in [-0.05, 0) is 53.3 Å². The molecular weight excluding hydrogens is 326 g/mol. The van der Waals surface area contributed by atoms with E-state index in [2.05, 4.69) is 39.9 Å². The third kappa shape index (κ3) is 6.43. The molecule has 0 heterocycles.